The molecule has 0 aliphatic rings. The van der Waals surface area contributed by atoms with Gasteiger partial charge in [-0.15, -0.1) is 0 Å². The highest BCUT2D eigenvalue weighted by atomic mass is 16.5. The third-order valence-electron chi connectivity index (χ3n) is 3.86. The summed E-state index contributed by atoms with van der Waals surface area (Å²) in [5, 5.41) is 1.38. The second-order valence-electron chi connectivity index (χ2n) is 5.82. The van der Waals surface area contributed by atoms with E-state index in [1.165, 1.54) is 19.1 Å². The van der Waals surface area contributed by atoms with Crippen molar-refractivity contribution in [3.8, 4) is 11.4 Å². The van der Waals surface area contributed by atoms with Crippen LogP contribution in [0.4, 0.5) is 0 Å². The van der Waals surface area contributed by atoms with Gasteiger partial charge in [-0.05, 0) is 22.9 Å². The molecule has 0 unspecified atom stereocenters. The van der Waals surface area contributed by atoms with Crippen LogP contribution in [0.5, 0.6) is 5.75 Å². The topological polar surface area (TPSA) is 109 Å². The molecule has 3 rings (SSSR count). The predicted octanol–water partition coefficient (Wildman–Crippen LogP) is 1.20. The molecular formula is C18H15N3O6. The quantitative estimate of drug-likeness (QED) is 0.496. The summed E-state index contributed by atoms with van der Waals surface area (Å²) in [5.41, 5.74) is -2.12. The number of esters is 1. The number of hydrogen-bond donors (Lipinski definition) is 0. The second kappa shape index (κ2) is 6.52. The Labute approximate surface area is 152 Å². The van der Waals surface area contributed by atoms with Gasteiger partial charge in [0.05, 0.1) is 5.69 Å². The molecule has 0 fully saturated rings. The third kappa shape index (κ3) is 2.99. The molecular weight excluding hydrogens is 354 g/mol. The Morgan fingerprint density at radius 2 is 1.30 bits per heavy atom. The van der Waals surface area contributed by atoms with Crippen molar-refractivity contribution >= 4 is 28.6 Å². The minimum Gasteiger partial charge on any atom is -0.424 e. The number of ether oxygens (including phenoxy) is 1. The Morgan fingerprint density at radius 3 is 1.74 bits per heavy atom. The summed E-state index contributed by atoms with van der Waals surface area (Å²) in [6.45, 7) is 3.28. The third-order valence-corrected chi connectivity index (χ3v) is 3.86. The summed E-state index contributed by atoms with van der Waals surface area (Å²) in [6, 6.07) is 10.0. The van der Waals surface area contributed by atoms with Crippen LogP contribution in [0.1, 0.15) is 30.4 Å². The molecule has 0 saturated heterocycles. The molecule has 1 aromatic heterocycles. The molecule has 0 aliphatic heterocycles. The Hall–Kier alpha value is -3.75. The lowest BCUT2D eigenvalue weighted by molar-refractivity contribution is -0.131. The average molecular weight is 369 g/mol. The molecule has 0 N–H and O–H groups in total. The lowest BCUT2D eigenvalue weighted by atomic mass is 10.1. The van der Waals surface area contributed by atoms with Crippen molar-refractivity contribution in [1.82, 2.24) is 13.9 Å². The van der Waals surface area contributed by atoms with Crippen LogP contribution in [-0.2, 0) is 4.79 Å². The Kier molecular flexibility index (Phi) is 4.36. The first kappa shape index (κ1) is 18.1. The van der Waals surface area contributed by atoms with E-state index < -0.39 is 29.2 Å². The maximum Gasteiger partial charge on any atom is 0.359 e. The molecule has 0 spiro atoms. The highest BCUT2D eigenvalue weighted by Gasteiger charge is 2.25. The zero-order chi connectivity index (χ0) is 19.9. The molecule has 0 radical (unpaired) electrons. The fourth-order valence-corrected chi connectivity index (χ4v) is 2.82. The second-order valence-corrected chi connectivity index (χ2v) is 5.82. The van der Waals surface area contributed by atoms with Crippen LogP contribution in [0.2, 0.25) is 0 Å². The van der Waals surface area contributed by atoms with Crippen LogP contribution < -0.4 is 16.1 Å². The molecule has 138 valence electrons. The maximum absolute atomic E-state index is 12.7. The molecule has 0 saturated carbocycles. The predicted molar refractivity (Wildman–Crippen MR) is 95.7 cm³/mol. The summed E-state index contributed by atoms with van der Waals surface area (Å²) >= 11 is 0. The smallest absolute Gasteiger partial charge is 0.359 e. The van der Waals surface area contributed by atoms with E-state index in [9.17, 15) is 24.0 Å². The standard InChI is InChI=1S/C18H15N3O6/c1-10(22)20-17(25)19(18(26)21(20)11(2)23)15-8-13-6-4-5-7-14(13)9-16(15)27-12(3)24/h4-9H,1-3H3. The number of aromatic nitrogens is 3. The molecule has 0 atom stereocenters. The van der Waals surface area contributed by atoms with Crippen molar-refractivity contribution in [2.45, 2.75) is 20.8 Å². The van der Waals surface area contributed by atoms with Crippen molar-refractivity contribution in [3.05, 3.63) is 57.4 Å². The summed E-state index contributed by atoms with van der Waals surface area (Å²) < 4.78 is 6.68. The van der Waals surface area contributed by atoms with E-state index in [2.05, 4.69) is 0 Å². The molecule has 0 amide bonds. The number of hydrogen-bond acceptors (Lipinski definition) is 6. The molecule has 2 aromatic carbocycles. The number of carbonyl (C=O) groups is 3. The first-order valence-electron chi connectivity index (χ1n) is 7.93. The van der Waals surface area contributed by atoms with E-state index in [-0.39, 0.29) is 11.4 Å². The Bertz CT molecular complexity index is 1180. The highest BCUT2D eigenvalue weighted by molar-refractivity contribution is 5.88. The van der Waals surface area contributed by atoms with Gasteiger partial charge in [-0.1, -0.05) is 24.3 Å². The van der Waals surface area contributed by atoms with E-state index in [4.69, 9.17) is 4.74 Å². The largest absolute Gasteiger partial charge is 0.424 e. The van der Waals surface area contributed by atoms with Crippen LogP contribution in [0, 0.1) is 0 Å². The lowest BCUT2D eigenvalue weighted by Gasteiger charge is -2.10. The van der Waals surface area contributed by atoms with Crippen LogP contribution in [0.15, 0.2) is 46.0 Å². The molecule has 27 heavy (non-hydrogen) atoms. The van der Waals surface area contributed by atoms with E-state index in [1.54, 1.807) is 24.3 Å². The van der Waals surface area contributed by atoms with Crippen molar-refractivity contribution in [1.29, 1.82) is 0 Å². The molecule has 0 bridgehead atoms. The Balaban J connectivity index is 2.45. The highest BCUT2D eigenvalue weighted by Crippen LogP contribution is 2.28. The summed E-state index contributed by atoms with van der Waals surface area (Å²) in [7, 11) is 0. The summed E-state index contributed by atoms with van der Waals surface area (Å²) in [4.78, 5) is 60.6. The van der Waals surface area contributed by atoms with Gasteiger partial charge in [-0.25, -0.2) is 14.2 Å². The van der Waals surface area contributed by atoms with Gasteiger partial charge < -0.3 is 4.74 Å². The van der Waals surface area contributed by atoms with Gasteiger partial charge in [-0.2, -0.15) is 9.36 Å². The number of carbonyl (C=O) groups excluding carboxylic acids is 3. The molecule has 9 nitrogen and oxygen atoms in total. The number of nitrogens with zero attached hydrogens (tertiary/aromatic N) is 3. The number of rotatable bonds is 2. The van der Waals surface area contributed by atoms with Crippen LogP contribution in [0.25, 0.3) is 16.5 Å². The van der Waals surface area contributed by atoms with E-state index in [0.717, 1.165) is 13.8 Å². The zero-order valence-electron chi connectivity index (χ0n) is 14.8. The summed E-state index contributed by atoms with van der Waals surface area (Å²) in [6.07, 6.45) is 0. The average Bonchev–Trinajstić information content (AvgIpc) is 2.84. The van der Waals surface area contributed by atoms with Crippen LogP contribution >= 0.6 is 0 Å². The van der Waals surface area contributed by atoms with Crippen LogP contribution in [0.3, 0.4) is 0 Å². The first-order valence-corrected chi connectivity index (χ1v) is 7.93. The monoisotopic (exact) mass is 369 g/mol. The zero-order valence-corrected chi connectivity index (χ0v) is 14.8. The molecule has 3 aromatic rings. The summed E-state index contributed by atoms with van der Waals surface area (Å²) in [5.74, 6) is -2.31. The lowest BCUT2D eigenvalue weighted by Crippen LogP contribution is -2.33. The van der Waals surface area contributed by atoms with Gasteiger partial charge in [0.2, 0.25) is 11.8 Å². The van der Waals surface area contributed by atoms with E-state index >= 15 is 0 Å². The minimum absolute atomic E-state index is 0.0446. The Morgan fingerprint density at radius 1 is 0.815 bits per heavy atom. The van der Waals surface area contributed by atoms with E-state index in [0.29, 0.717) is 24.7 Å². The van der Waals surface area contributed by atoms with E-state index in [1.807, 2.05) is 0 Å². The van der Waals surface area contributed by atoms with Gasteiger partial charge in [0.25, 0.3) is 0 Å². The van der Waals surface area contributed by atoms with Crippen molar-refractivity contribution in [2.75, 3.05) is 0 Å². The molecule has 9 heteroatoms. The maximum atomic E-state index is 12.7. The fourth-order valence-electron chi connectivity index (χ4n) is 2.82. The molecule has 0 aliphatic carbocycles. The van der Waals surface area contributed by atoms with Crippen molar-refractivity contribution in [2.24, 2.45) is 0 Å². The molecule has 1 heterocycles. The SMILES string of the molecule is CC(=O)Oc1cc2ccccc2cc1-n1c(=O)n(C(C)=O)n(C(C)=O)c1=O. The van der Waals surface area contributed by atoms with Gasteiger partial charge in [0.15, 0.2) is 5.75 Å². The number of fused-ring (bicyclic) bond motifs is 1. The first-order chi connectivity index (χ1) is 12.7. The normalized spacial score (nSPS) is 10.8. The van der Waals surface area contributed by atoms with Gasteiger partial charge in [-0.3, -0.25) is 14.4 Å². The van der Waals surface area contributed by atoms with Crippen LogP contribution in [-0.4, -0.2) is 31.7 Å². The number of benzene rings is 2. The van der Waals surface area contributed by atoms with Gasteiger partial charge in [0, 0.05) is 20.8 Å². The fraction of sp³-hybridized carbons (Fsp3) is 0.167. The van der Waals surface area contributed by atoms with Crippen molar-refractivity contribution in [3.63, 3.8) is 0 Å². The minimum atomic E-state index is -1.04. The van der Waals surface area contributed by atoms with Crippen molar-refractivity contribution < 1.29 is 19.1 Å². The van der Waals surface area contributed by atoms with Gasteiger partial charge >= 0.3 is 17.3 Å². The van der Waals surface area contributed by atoms with Gasteiger partial charge in [0.1, 0.15) is 0 Å².